The highest BCUT2D eigenvalue weighted by molar-refractivity contribution is 6.03. The van der Waals surface area contributed by atoms with Crippen molar-refractivity contribution in [2.75, 3.05) is 0 Å². The van der Waals surface area contributed by atoms with Crippen molar-refractivity contribution < 1.29 is 18.7 Å². The Morgan fingerprint density at radius 2 is 1.93 bits per heavy atom. The molecule has 0 bridgehead atoms. The number of carbonyl (C=O) groups excluding carboxylic acids is 2. The zero-order valence-corrected chi connectivity index (χ0v) is 17.2. The molecule has 2 aromatic carbocycles. The third kappa shape index (κ3) is 3.53. The van der Waals surface area contributed by atoms with Crippen LogP contribution in [0.25, 0.3) is 22.1 Å². The molecule has 5 nitrogen and oxygen atoms in total. The standard InChI is InChI=1S/C24H25NO4/c1-5-20(23(27)29-24(2,3)4)25-13-16-11-10-15(12-18(16)22(25)26)19-14-28-21-9-7-6-8-17(19)21/h6-12,14,20H,5,13H2,1-4H3/t20-/m0/s1. The molecular formula is C24H25NO4. The Hall–Kier alpha value is -3.08. The van der Waals surface area contributed by atoms with E-state index in [1.165, 1.54) is 0 Å². The summed E-state index contributed by atoms with van der Waals surface area (Å²) in [6.45, 7) is 7.81. The van der Waals surface area contributed by atoms with E-state index in [9.17, 15) is 9.59 Å². The van der Waals surface area contributed by atoms with Crippen LogP contribution in [0.3, 0.4) is 0 Å². The molecule has 3 aromatic rings. The summed E-state index contributed by atoms with van der Waals surface area (Å²) in [7, 11) is 0. The molecule has 0 aliphatic carbocycles. The van der Waals surface area contributed by atoms with Crippen molar-refractivity contribution in [3.63, 3.8) is 0 Å². The van der Waals surface area contributed by atoms with Crippen molar-refractivity contribution in [3.05, 3.63) is 59.9 Å². The summed E-state index contributed by atoms with van der Waals surface area (Å²) in [5, 5.41) is 1.01. The number of esters is 1. The van der Waals surface area contributed by atoms with Crippen molar-refractivity contribution in [1.82, 2.24) is 4.90 Å². The number of fused-ring (bicyclic) bond motifs is 2. The molecule has 1 amide bonds. The summed E-state index contributed by atoms with van der Waals surface area (Å²) in [5.41, 5.74) is 3.66. The first kappa shape index (κ1) is 19.2. The van der Waals surface area contributed by atoms with Gasteiger partial charge in [-0.1, -0.05) is 37.3 Å². The van der Waals surface area contributed by atoms with E-state index in [0.717, 1.165) is 27.7 Å². The highest BCUT2D eigenvalue weighted by Crippen LogP contribution is 2.34. The van der Waals surface area contributed by atoms with E-state index < -0.39 is 11.6 Å². The molecular weight excluding hydrogens is 366 g/mol. The van der Waals surface area contributed by atoms with Gasteiger partial charge in [0.25, 0.3) is 5.91 Å². The largest absolute Gasteiger partial charge is 0.464 e. The molecule has 0 saturated carbocycles. The van der Waals surface area contributed by atoms with Gasteiger partial charge in [-0.15, -0.1) is 0 Å². The van der Waals surface area contributed by atoms with E-state index in [-0.39, 0.29) is 11.9 Å². The lowest BCUT2D eigenvalue weighted by Gasteiger charge is -2.29. The third-order valence-corrected chi connectivity index (χ3v) is 5.18. The Kier molecular flexibility index (Phi) is 4.69. The van der Waals surface area contributed by atoms with Crippen LogP contribution in [0.5, 0.6) is 0 Å². The summed E-state index contributed by atoms with van der Waals surface area (Å²) >= 11 is 0. The van der Waals surface area contributed by atoms with Crippen LogP contribution < -0.4 is 0 Å². The van der Waals surface area contributed by atoms with Gasteiger partial charge in [-0.2, -0.15) is 0 Å². The predicted molar refractivity (Wildman–Crippen MR) is 111 cm³/mol. The van der Waals surface area contributed by atoms with E-state index in [1.54, 1.807) is 11.2 Å². The van der Waals surface area contributed by atoms with Crippen molar-refractivity contribution in [1.29, 1.82) is 0 Å². The number of nitrogens with zero attached hydrogens (tertiary/aromatic N) is 1. The molecule has 0 saturated heterocycles. The van der Waals surface area contributed by atoms with Gasteiger partial charge >= 0.3 is 5.97 Å². The van der Waals surface area contributed by atoms with Crippen LogP contribution in [-0.4, -0.2) is 28.4 Å². The lowest BCUT2D eigenvalue weighted by Crippen LogP contribution is -2.44. The van der Waals surface area contributed by atoms with Gasteiger partial charge in [0.2, 0.25) is 0 Å². The molecule has 0 unspecified atom stereocenters. The number of para-hydroxylation sites is 1. The predicted octanol–water partition coefficient (Wildman–Crippen LogP) is 5.18. The second-order valence-electron chi connectivity index (χ2n) is 8.41. The van der Waals surface area contributed by atoms with Crippen LogP contribution in [0, 0.1) is 0 Å². The molecule has 1 aliphatic rings. The van der Waals surface area contributed by atoms with Crippen molar-refractivity contribution in [3.8, 4) is 11.1 Å². The summed E-state index contributed by atoms with van der Waals surface area (Å²) < 4.78 is 11.2. The molecule has 1 aliphatic heterocycles. The molecule has 0 fully saturated rings. The maximum absolute atomic E-state index is 13.1. The Morgan fingerprint density at radius 3 is 2.66 bits per heavy atom. The smallest absolute Gasteiger partial charge is 0.329 e. The number of furan rings is 1. The molecule has 1 atom stereocenters. The molecule has 0 spiro atoms. The minimum absolute atomic E-state index is 0.132. The fourth-order valence-corrected chi connectivity index (χ4v) is 3.83. The second kappa shape index (κ2) is 7.07. The molecule has 4 rings (SSSR count). The van der Waals surface area contributed by atoms with Gasteiger partial charge in [0.15, 0.2) is 0 Å². The molecule has 150 valence electrons. The fraction of sp³-hybridized carbons (Fsp3) is 0.333. The molecule has 1 aromatic heterocycles. The molecule has 2 heterocycles. The highest BCUT2D eigenvalue weighted by Gasteiger charge is 2.37. The Morgan fingerprint density at radius 1 is 1.17 bits per heavy atom. The van der Waals surface area contributed by atoms with Crippen LogP contribution >= 0.6 is 0 Å². The maximum Gasteiger partial charge on any atom is 0.329 e. The molecule has 0 radical (unpaired) electrons. The van der Waals surface area contributed by atoms with Crippen molar-refractivity contribution in [2.45, 2.75) is 52.3 Å². The molecule has 0 N–H and O–H groups in total. The minimum Gasteiger partial charge on any atom is -0.464 e. The maximum atomic E-state index is 13.1. The van der Waals surface area contributed by atoms with Crippen LogP contribution in [0.2, 0.25) is 0 Å². The van der Waals surface area contributed by atoms with E-state index in [1.807, 2.05) is 70.2 Å². The Bertz CT molecular complexity index is 1090. The van der Waals surface area contributed by atoms with E-state index in [0.29, 0.717) is 18.5 Å². The van der Waals surface area contributed by atoms with E-state index in [2.05, 4.69) is 0 Å². The molecule has 29 heavy (non-hydrogen) atoms. The van der Waals surface area contributed by atoms with Gasteiger partial charge in [-0.3, -0.25) is 4.79 Å². The number of rotatable bonds is 4. The summed E-state index contributed by atoms with van der Waals surface area (Å²) in [6.07, 6.45) is 2.23. The lowest BCUT2D eigenvalue weighted by molar-refractivity contribution is -0.160. The highest BCUT2D eigenvalue weighted by atomic mass is 16.6. The zero-order chi connectivity index (χ0) is 20.8. The first-order valence-corrected chi connectivity index (χ1v) is 9.92. The number of amides is 1. The van der Waals surface area contributed by atoms with Crippen LogP contribution in [0.4, 0.5) is 0 Å². The van der Waals surface area contributed by atoms with Gasteiger partial charge in [0, 0.05) is 23.1 Å². The Labute approximate surface area is 170 Å². The monoisotopic (exact) mass is 391 g/mol. The lowest BCUT2D eigenvalue weighted by atomic mass is 10.00. The summed E-state index contributed by atoms with van der Waals surface area (Å²) in [4.78, 5) is 27.4. The number of ether oxygens (including phenoxy) is 1. The number of carbonyl (C=O) groups is 2. The zero-order valence-electron chi connectivity index (χ0n) is 17.2. The quantitative estimate of drug-likeness (QED) is 0.575. The first-order valence-electron chi connectivity index (χ1n) is 9.92. The minimum atomic E-state index is -0.590. The van der Waals surface area contributed by atoms with Crippen LogP contribution in [-0.2, 0) is 16.1 Å². The van der Waals surface area contributed by atoms with Gasteiger partial charge < -0.3 is 14.1 Å². The second-order valence-corrected chi connectivity index (χ2v) is 8.41. The van der Waals surface area contributed by atoms with Gasteiger partial charge in [0.05, 0.1) is 6.26 Å². The average Bonchev–Trinajstić information content (AvgIpc) is 3.23. The third-order valence-electron chi connectivity index (χ3n) is 5.18. The van der Waals surface area contributed by atoms with Crippen LogP contribution in [0.15, 0.2) is 53.1 Å². The van der Waals surface area contributed by atoms with Gasteiger partial charge in [0.1, 0.15) is 17.2 Å². The number of benzene rings is 2. The van der Waals surface area contributed by atoms with E-state index in [4.69, 9.17) is 9.15 Å². The molecule has 5 heteroatoms. The summed E-state index contributed by atoms with van der Waals surface area (Å²) in [5.74, 6) is -0.491. The van der Waals surface area contributed by atoms with Gasteiger partial charge in [-0.25, -0.2) is 4.79 Å². The Balaban J connectivity index is 1.65. The van der Waals surface area contributed by atoms with Crippen LogP contribution in [0.1, 0.15) is 50.0 Å². The topological polar surface area (TPSA) is 59.8 Å². The number of hydrogen-bond donors (Lipinski definition) is 0. The average molecular weight is 391 g/mol. The van der Waals surface area contributed by atoms with Crippen molar-refractivity contribution in [2.24, 2.45) is 0 Å². The van der Waals surface area contributed by atoms with Crippen molar-refractivity contribution >= 4 is 22.8 Å². The normalized spacial score (nSPS) is 14.9. The van der Waals surface area contributed by atoms with Gasteiger partial charge in [-0.05, 0) is 50.5 Å². The summed E-state index contributed by atoms with van der Waals surface area (Å²) in [6, 6.07) is 13.1. The number of hydrogen-bond acceptors (Lipinski definition) is 4. The fourth-order valence-electron chi connectivity index (χ4n) is 3.83. The SMILES string of the molecule is CC[C@@H](C(=O)OC(C)(C)C)N1Cc2ccc(-c3coc4ccccc34)cc2C1=O. The first-order chi connectivity index (χ1) is 13.8. The van der Waals surface area contributed by atoms with E-state index >= 15 is 0 Å².